The Morgan fingerprint density at radius 1 is 0.318 bits per heavy atom. The van der Waals surface area contributed by atoms with E-state index in [1.807, 2.05) is 24.3 Å². The third kappa shape index (κ3) is 15.3. The average molecular weight is 1220 g/mol. The van der Waals surface area contributed by atoms with Crippen LogP contribution in [0.2, 0.25) is 0 Å². The van der Waals surface area contributed by atoms with E-state index in [1.54, 1.807) is 0 Å². The van der Waals surface area contributed by atoms with E-state index in [0.717, 1.165) is 60.6 Å². The summed E-state index contributed by atoms with van der Waals surface area (Å²) in [6.07, 6.45) is 20.0. The van der Waals surface area contributed by atoms with Crippen LogP contribution in [-0.2, 0) is 47.8 Å². The van der Waals surface area contributed by atoms with Crippen LogP contribution in [0.3, 0.4) is 0 Å². The molecule has 0 spiro atoms. The van der Waals surface area contributed by atoms with Crippen LogP contribution in [-0.4, -0.2) is 6.51 Å². The van der Waals surface area contributed by atoms with E-state index in [-0.39, 0.29) is 24.8 Å². The summed E-state index contributed by atoms with van der Waals surface area (Å²) in [6, 6.07) is 80.9. The van der Waals surface area contributed by atoms with E-state index in [4.69, 9.17) is 0 Å². The van der Waals surface area contributed by atoms with Crippen molar-refractivity contribution in [1.82, 2.24) is 0 Å². The van der Waals surface area contributed by atoms with Gasteiger partial charge >= 0.3 is 198 Å². The van der Waals surface area contributed by atoms with Crippen LogP contribution in [0.15, 0.2) is 267 Å². The summed E-state index contributed by atoms with van der Waals surface area (Å²) < 4.78 is 2.93. The summed E-state index contributed by atoms with van der Waals surface area (Å²) in [5.41, 5.74) is 5.41. The first-order valence-corrected chi connectivity index (χ1v) is 25.1. The molecule has 0 atom stereocenters. The van der Waals surface area contributed by atoms with Gasteiger partial charge in [0.2, 0.25) is 0 Å². The minimum absolute atomic E-state index is 0. The number of fused-ring (bicyclic) bond motifs is 6. The standard InChI is InChI=1S/2C13H9.2C13H10.2C5H5.2ClH.2Hf/c2*1-3-7-12-10(5-1)9-11-6-2-4-8-13(11)12;2*1-3-7-12(8-4-1)11-13-9-5-2-6-10-13;2*1-2-4-5-3-1;;;;/h2*1-9H;2*1-10H;2*1-3H,4H2;2*1H;;/q2*-1;;;2*-1;;;2*+2/p-2. The van der Waals surface area contributed by atoms with E-state index >= 15 is 0 Å². The van der Waals surface area contributed by atoms with Crippen LogP contribution >= 0.6 is 0 Å². The van der Waals surface area contributed by atoms with E-state index in [1.165, 1.54) is 71.9 Å². The molecule has 0 heterocycles. The van der Waals surface area contributed by atoms with Crippen LogP contribution < -0.4 is 24.8 Å². The molecule has 4 heteroatoms. The number of halogens is 2. The molecule has 0 aliphatic heterocycles. The van der Waals surface area contributed by atoms with Gasteiger partial charge in [0, 0.05) is 0 Å². The fourth-order valence-corrected chi connectivity index (χ4v) is 9.64. The molecule has 2 aliphatic carbocycles. The van der Waals surface area contributed by atoms with Gasteiger partial charge in [0.15, 0.2) is 0 Å². The predicted octanol–water partition coefficient (Wildman–Crippen LogP) is 9.65. The topological polar surface area (TPSA) is 0 Å². The minimum atomic E-state index is 0. The van der Waals surface area contributed by atoms with Gasteiger partial charge in [-0.1, -0.05) is 72.8 Å². The Morgan fingerprint density at radius 3 is 0.742 bits per heavy atom. The first-order valence-electron chi connectivity index (χ1n) is 21.5. The molecule has 12 rings (SSSR count). The Morgan fingerprint density at radius 2 is 0.545 bits per heavy atom. The Hall–Kier alpha value is -5.48. The molecular weight excluding hydrogens is 1170 g/mol. The molecule has 2 aliphatic rings. The summed E-state index contributed by atoms with van der Waals surface area (Å²) in [5.74, 6) is 0. The molecule has 66 heavy (non-hydrogen) atoms. The number of hydrogen-bond donors (Lipinski definition) is 0. The van der Waals surface area contributed by atoms with Crippen molar-refractivity contribution in [2.75, 3.05) is 0 Å². The van der Waals surface area contributed by atoms with Crippen molar-refractivity contribution in [2.45, 2.75) is 12.8 Å². The molecule has 0 saturated heterocycles. The Balaban J connectivity index is 0.000000152. The zero-order chi connectivity index (χ0) is 44.0. The molecule has 0 bridgehead atoms. The smallest absolute Gasteiger partial charge is 0.0771 e. The van der Waals surface area contributed by atoms with Gasteiger partial charge in [-0.25, -0.2) is 24.3 Å². The molecule has 10 aromatic carbocycles. The van der Waals surface area contributed by atoms with Crippen LogP contribution in [0.25, 0.3) is 43.1 Å². The van der Waals surface area contributed by atoms with Crippen molar-refractivity contribution in [3.8, 4) is 0 Å². The minimum Gasteiger partial charge on any atom is -0.126 e. The van der Waals surface area contributed by atoms with Gasteiger partial charge in [-0.05, 0) is 0 Å². The molecule has 10 aromatic rings. The monoisotopic (exact) mass is 1220 g/mol. The molecule has 0 N–H and O–H groups in total. The van der Waals surface area contributed by atoms with Crippen molar-refractivity contribution in [3.05, 3.63) is 301 Å². The molecule has 0 radical (unpaired) electrons. The summed E-state index contributed by atoms with van der Waals surface area (Å²) in [7, 11) is 0. The van der Waals surface area contributed by atoms with E-state index in [9.17, 15) is 0 Å². The summed E-state index contributed by atoms with van der Waals surface area (Å²) in [6.45, 7) is 0. The van der Waals surface area contributed by atoms with Crippen LogP contribution in [0.5, 0.6) is 0 Å². The number of hydrogen-bond acceptors (Lipinski definition) is 0. The Labute approximate surface area is 432 Å². The SMILES string of the molecule is [C-]1=CC=CC1.[C-]1=CC=CC1.[Cl-].[Cl-].[Hf+2]=[C](c1ccccc1)c1ccccc1.[Hf+2]=[C](c1ccccc1)c1ccccc1.c1ccc2c(c1)[cH-]c1ccccc12.c1ccc2c(c1)[cH-]c1ccccc12. The first kappa shape index (κ1) is 51.5. The van der Waals surface area contributed by atoms with Crippen molar-refractivity contribution in [2.24, 2.45) is 0 Å². The molecule has 0 aromatic heterocycles. The van der Waals surface area contributed by atoms with Gasteiger partial charge in [-0.2, -0.15) is 12.2 Å². The third-order valence-electron chi connectivity index (χ3n) is 10.5. The zero-order valence-electron chi connectivity index (χ0n) is 36.6. The maximum Gasteiger partial charge on any atom is -0.0771 e. The quantitative estimate of drug-likeness (QED) is 0.122. The van der Waals surface area contributed by atoms with Crippen molar-refractivity contribution < 1.29 is 72.6 Å². The van der Waals surface area contributed by atoms with Gasteiger partial charge in [0.05, 0.1) is 0 Å². The molecular formula is C62H48Cl2Hf2-2. The Bertz CT molecular complexity index is 2700. The van der Waals surface area contributed by atoms with Gasteiger partial charge in [0.25, 0.3) is 0 Å². The molecule has 320 valence electrons. The fourth-order valence-electron chi connectivity index (χ4n) is 7.24. The fraction of sp³-hybridized carbons (Fsp3) is 0.0323. The van der Waals surface area contributed by atoms with E-state index < -0.39 is 0 Å². The van der Waals surface area contributed by atoms with E-state index in [2.05, 4.69) is 255 Å². The van der Waals surface area contributed by atoms with Crippen LogP contribution in [0.4, 0.5) is 0 Å². The number of benzene rings is 8. The number of allylic oxidation sites excluding steroid dienone is 8. The number of rotatable bonds is 4. The molecule has 0 saturated carbocycles. The average Bonchev–Trinajstić information content (AvgIpc) is 4.25. The third-order valence-corrected chi connectivity index (χ3v) is 14.6. The van der Waals surface area contributed by atoms with Gasteiger partial charge < -0.3 is 24.8 Å². The summed E-state index contributed by atoms with van der Waals surface area (Å²) in [5, 5.41) is 10.8. The normalized spacial score (nSPS) is 11.2. The van der Waals surface area contributed by atoms with Gasteiger partial charge in [0.1, 0.15) is 0 Å². The molecule has 0 fully saturated rings. The second-order valence-corrected chi connectivity index (χ2v) is 18.5. The van der Waals surface area contributed by atoms with E-state index in [0.29, 0.717) is 0 Å². The van der Waals surface area contributed by atoms with Crippen molar-refractivity contribution in [3.63, 3.8) is 0 Å². The van der Waals surface area contributed by atoms with Crippen molar-refractivity contribution in [1.29, 1.82) is 0 Å². The van der Waals surface area contributed by atoms with Gasteiger partial charge in [-0.15, -0.1) is 92.3 Å². The van der Waals surface area contributed by atoms with Crippen LogP contribution in [0.1, 0.15) is 35.1 Å². The summed E-state index contributed by atoms with van der Waals surface area (Å²) >= 11 is 2.16. The molecule has 0 nitrogen and oxygen atoms in total. The second kappa shape index (κ2) is 28.5. The predicted molar refractivity (Wildman–Crippen MR) is 269 cm³/mol. The first-order chi connectivity index (χ1) is 31.7. The maximum atomic E-state index is 2.99. The Kier molecular flexibility index (Phi) is 22.3. The van der Waals surface area contributed by atoms with Crippen molar-refractivity contribution >= 4 is 49.6 Å². The van der Waals surface area contributed by atoms with Gasteiger partial charge in [-0.3, -0.25) is 12.2 Å². The summed E-state index contributed by atoms with van der Waals surface area (Å²) in [4.78, 5) is 0. The molecule has 0 amide bonds. The van der Waals surface area contributed by atoms with Crippen LogP contribution in [0, 0.1) is 12.2 Å². The maximum absolute atomic E-state index is 2.99. The zero-order valence-corrected chi connectivity index (χ0v) is 45.3. The largest absolute Gasteiger partial charge is 0.126 e. The second-order valence-electron chi connectivity index (χ2n) is 14.9. The molecule has 0 unspecified atom stereocenters.